The summed E-state index contributed by atoms with van der Waals surface area (Å²) in [5.74, 6) is 1.55. The summed E-state index contributed by atoms with van der Waals surface area (Å²) in [4.78, 5) is 24.1. The summed E-state index contributed by atoms with van der Waals surface area (Å²) >= 11 is 0. The molecule has 1 saturated heterocycles. The number of fused-ring (bicyclic) bond motifs is 1. The second kappa shape index (κ2) is 6.90. The zero-order valence-corrected chi connectivity index (χ0v) is 15.4. The molecular formula is C21H24N4O. The fourth-order valence-electron chi connectivity index (χ4n) is 3.88. The number of amides is 1. The maximum Gasteiger partial charge on any atom is 0.227 e. The standard InChI is InChI=1S/C21H24N4O/c1-3-25-20(23-18-9-6-11-22-21(18)25)17-10-12-24(14-17)19(26)13-16-8-5-4-7-15(16)2/h4-9,11,17H,3,10,12-14H2,1-2H3. The number of nitrogens with zero attached hydrogens (tertiary/aromatic N) is 4. The first-order chi connectivity index (χ1) is 12.7. The van der Waals surface area contributed by atoms with E-state index in [4.69, 9.17) is 4.98 Å². The second-order valence-electron chi connectivity index (χ2n) is 6.99. The molecule has 0 radical (unpaired) electrons. The lowest BCUT2D eigenvalue weighted by atomic mass is 10.1. The van der Waals surface area contributed by atoms with Gasteiger partial charge < -0.3 is 9.47 Å². The molecule has 26 heavy (non-hydrogen) atoms. The van der Waals surface area contributed by atoms with E-state index < -0.39 is 0 Å². The van der Waals surface area contributed by atoms with E-state index in [1.54, 1.807) is 0 Å². The maximum atomic E-state index is 12.8. The summed E-state index contributed by atoms with van der Waals surface area (Å²) in [6.45, 7) is 6.57. The Kier molecular flexibility index (Phi) is 4.45. The number of pyridine rings is 1. The van der Waals surface area contributed by atoms with E-state index in [2.05, 4.69) is 29.5 Å². The quantitative estimate of drug-likeness (QED) is 0.727. The fraction of sp³-hybridized carbons (Fsp3) is 0.381. The molecule has 1 amide bonds. The van der Waals surface area contributed by atoms with Gasteiger partial charge in [-0.2, -0.15) is 0 Å². The minimum absolute atomic E-state index is 0.207. The second-order valence-corrected chi connectivity index (χ2v) is 6.99. The van der Waals surface area contributed by atoms with E-state index in [1.807, 2.05) is 41.4 Å². The Balaban J connectivity index is 1.52. The van der Waals surface area contributed by atoms with Crippen LogP contribution in [0.5, 0.6) is 0 Å². The summed E-state index contributed by atoms with van der Waals surface area (Å²) < 4.78 is 2.19. The first-order valence-corrected chi connectivity index (χ1v) is 9.30. The van der Waals surface area contributed by atoms with Crippen LogP contribution in [-0.2, 0) is 17.8 Å². The van der Waals surface area contributed by atoms with Crippen LogP contribution in [0.1, 0.15) is 36.2 Å². The number of hydrogen-bond acceptors (Lipinski definition) is 3. The first-order valence-electron chi connectivity index (χ1n) is 9.30. The van der Waals surface area contributed by atoms with Gasteiger partial charge in [0.05, 0.1) is 6.42 Å². The van der Waals surface area contributed by atoms with E-state index in [0.717, 1.165) is 48.6 Å². The molecule has 0 aliphatic carbocycles. The molecule has 3 heterocycles. The highest BCUT2D eigenvalue weighted by atomic mass is 16.2. The number of carbonyl (C=O) groups is 1. The fourth-order valence-corrected chi connectivity index (χ4v) is 3.88. The molecule has 1 aromatic carbocycles. The summed E-state index contributed by atoms with van der Waals surface area (Å²) in [7, 11) is 0. The van der Waals surface area contributed by atoms with E-state index in [0.29, 0.717) is 6.42 Å². The van der Waals surface area contributed by atoms with Crippen molar-refractivity contribution >= 4 is 17.1 Å². The Morgan fingerprint density at radius 2 is 2.08 bits per heavy atom. The average molecular weight is 348 g/mol. The lowest BCUT2D eigenvalue weighted by Gasteiger charge is -2.17. The van der Waals surface area contributed by atoms with Crippen molar-refractivity contribution < 1.29 is 4.79 Å². The number of hydrogen-bond donors (Lipinski definition) is 0. The van der Waals surface area contributed by atoms with E-state index >= 15 is 0 Å². The van der Waals surface area contributed by atoms with Gasteiger partial charge in [-0.05, 0) is 43.5 Å². The Labute approximate surface area is 153 Å². The van der Waals surface area contributed by atoms with Crippen LogP contribution in [-0.4, -0.2) is 38.4 Å². The molecule has 4 rings (SSSR count). The number of carbonyl (C=O) groups excluding carboxylic acids is 1. The van der Waals surface area contributed by atoms with Gasteiger partial charge in [0, 0.05) is 31.7 Å². The third-order valence-corrected chi connectivity index (χ3v) is 5.36. The van der Waals surface area contributed by atoms with Crippen LogP contribution in [0.2, 0.25) is 0 Å². The topological polar surface area (TPSA) is 51.0 Å². The maximum absolute atomic E-state index is 12.8. The van der Waals surface area contributed by atoms with Crippen molar-refractivity contribution in [3.63, 3.8) is 0 Å². The number of aromatic nitrogens is 3. The van der Waals surface area contributed by atoms with Crippen molar-refractivity contribution in [2.24, 2.45) is 0 Å². The molecule has 1 atom stereocenters. The molecule has 0 N–H and O–H groups in total. The highest BCUT2D eigenvalue weighted by Gasteiger charge is 2.31. The van der Waals surface area contributed by atoms with Crippen molar-refractivity contribution in [2.75, 3.05) is 13.1 Å². The van der Waals surface area contributed by atoms with Crippen LogP contribution < -0.4 is 0 Å². The highest BCUT2D eigenvalue weighted by molar-refractivity contribution is 5.79. The lowest BCUT2D eigenvalue weighted by Crippen LogP contribution is -2.30. The molecule has 0 saturated carbocycles. The molecule has 2 aromatic heterocycles. The molecule has 0 spiro atoms. The smallest absolute Gasteiger partial charge is 0.227 e. The summed E-state index contributed by atoms with van der Waals surface area (Å²) in [5.41, 5.74) is 4.17. The third kappa shape index (κ3) is 2.98. The minimum Gasteiger partial charge on any atom is -0.342 e. The summed E-state index contributed by atoms with van der Waals surface area (Å²) in [6, 6.07) is 12.0. The van der Waals surface area contributed by atoms with Gasteiger partial charge in [-0.25, -0.2) is 9.97 Å². The molecule has 1 unspecified atom stereocenters. The Hall–Kier alpha value is -2.69. The molecule has 5 nitrogen and oxygen atoms in total. The highest BCUT2D eigenvalue weighted by Crippen LogP contribution is 2.29. The summed E-state index contributed by atoms with van der Waals surface area (Å²) in [6.07, 6.45) is 3.25. The van der Waals surface area contributed by atoms with E-state index in [9.17, 15) is 4.79 Å². The van der Waals surface area contributed by atoms with Gasteiger partial charge in [0.15, 0.2) is 5.65 Å². The van der Waals surface area contributed by atoms with Crippen LogP contribution in [0.15, 0.2) is 42.6 Å². The van der Waals surface area contributed by atoms with Gasteiger partial charge in [0.2, 0.25) is 5.91 Å². The van der Waals surface area contributed by atoms with Crippen molar-refractivity contribution in [3.8, 4) is 0 Å². The molecule has 1 aliphatic rings. The largest absolute Gasteiger partial charge is 0.342 e. The first kappa shape index (κ1) is 16.8. The van der Waals surface area contributed by atoms with Gasteiger partial charge in [0.1, 0.15) is 11.3 Å². The zero-order valence-electron chi connectivity index (χ0n) is 15.4. The SMILES string of the molecule is CCn1c(C2CCN(C(=O)Cc3ccccc3C)C2)nc2cccnc21. The molecule has 1 fully saturated rings. The van der Waals surface area contributed by atoms with Crippen LogP contribution in [0.25, 0.3) is 11.2 Å². The Morgan fingerprint density at radius 3 is 2.88 bits per heavy atom. The predicted molar refractivity (Wildman–Crippen MR) is 102 cm³/mol. The predicted octanol–water partition coefficient (Wildman–Crippen LogP) is 3.32. The van der Waals surface area contributed by atoms with Crippen LogP contribution in [0.3, 0.4) is 0 Å². The molecule has 5 heteroatoms. The molecule has 1 aliphatic heterocycles. The number of rotatable bonds is 4. The third-order valence-electron chi connectivity index (χ3n) is 5.36. The number of benzene rings is 1. The lowest BCUT2D eigenvalue weighted by molar-refractivity contribution is -0.129. The van der Waals surface area contributed by atoms with E-state index in [1.165, 1.54) is 5.56 Å². The monoisotopic (exact) mass is 348 g/mol. The summed E-state index contributed by atoms with van der Waals surface area (Å²) in [5, 5.41) is 0. The molecular weight excluding hydrogens is 324 g/mol. The van der Waals surface area contributed by atoms with Gasteiger partial charge in [-0.1, -0.05) is 24.3 Å². The number of aryl methyl sites for hydroxylation is 2. The zero-order chi connectivity index (χ0) is 18.1. The van der Waals surface area contributed by atoms with Crippen molar-refractivity contribution in [1.82, 2.24) is 19.4 Å². The van der Waals surface area contributed by atoms with Crippen LogP contribution in [0.4, 0.5) is 0 Å². The van der Waals surface area contributed by atoms with Gasteiger partial charge >= 0.3 is 0 Å². The van der Waals surface area contributed by atoms with Gasteiger partial charge in [-0.3, -0.25) is 4.79 Å². The van der Waals surface area contributed by atoms with E-state index in [-0.39, 0.29) is 11.8 Å². The molecule has 0 bridgehead atoms. The van der Waals surface area contributed by atoms with Crippen molar-refractivity contribution in [2.45, 2.75) is 39.2 Å². The van der Waals surface area contributed by atoms with Crippen molar-refractivity contribution in [1.29, 1.82) is 0 Å². The number of likely N-dealkylation sites (tertiary alicyclic amines) is 1. The Morgan fingerprint density at radius 1 is 1.23 bits per heavy atom. The molecule has 3 aromatic rings. The molecule has 134 valence electrons. The average Bonchev–Trinajstić information content (AvgIpc) is 3.27. The normalized spacial score (nSPS) is 17.2. The van der Waals surface area contributed by atoms with Crippen LogP contribution >= 0.6 is 0 Å². The minimum atomic E-state index is 0.207. The van der Waals surface area contributed by atoms with Gasteiger partial charge in [-0.15, -0.1) is 0 Å². The Bertz CT molecular complexity index is 946. The van der Waals surface area contributed by atoms with Crippen LogP contribution in [0, 0.1) is 6.92 Å². The number of imidazole rings is 1. The van der Waals surface area contributed by atoms with Crippen molar-refractivity contribution in [3.05, 3.63) is 59.5 Å². The van der Waals surface area contributed by atoms with Gasteiger partial charge in [0.25, 0.3) is 0 Å².